The highest BCUT2D eigenvalue weighted by Crippen LogP contribution is 2.42. The van der Waals surface area contributed by atoms with E-state index in [1.807, 2.05) is 60.8 Å². The molecule has 3 aromatic rings. The average molecular weight is 574 g/mol. The molecule has 42 heavy (non-hydrogen) atoms. The topological polar surface area (TPSA) is 147 Å². The van der Waals surface area contributed by atoms with Crippen LogP contribution in [0.5, 0.6) is 0 Å². The summed E-state index contributed by atoms with van der Waals surface area (Å²) in [5, 5.41) is 6.83. The number of piperidine rings is 1. The Kier molecular flexibility index (Phi) is 7.99. The van der Waals surface area contributed by atoms with Crippen LogP contribution in [0.1, 0.15) is 51.2 Å². The third-order valence-corrected chi connectivity index (χ3v) is 8.26. The monoisotopic (exact) mass is 573 g/mol. The van der Waals surface area contributed by atoms with Crippen LogP contribution in [0.2, 0.25) is 0 Å². The third-order valence-electron chi connectivity index (χ3n) is 8.26. The minimum atomic E-state index is -1.38. The maximum atomic E-state index is 13.8. The van der Waals surface area contributed by atoms with Crippen LogP contribution in [-0.4, -0.2) is 64.0 Å². The molecule has 0 unspecified atom stereocenters. The molecule has 0 bridgehead atoms. The highest BCUT2D eigenvalue weighted by Gasteiger charge is 2.58. The normalized spacial score (nSPS) is 22.8. The summed E-state index contributed by atoms with van der Waals surface area (Å²) in [5.41, 5.74) is 6.45. The van der Waals surface area contributed by atoms with Gasteiger partial charge in [0.1, 0.15) is 17.1 Å². The number of carbonyl (C=O) groups is 4. The molecule has 0 saturated carbocycles. The standard InChI is InChI=1S/C32H39N5O5/c1-31(2,3)42-30(41)36-25(16-21-19-34-23-13-8-7-12-22(21)23)27(38)35-24-14-9-15-37-26(24)18-32(28(33)39,29(37)40)17-20-10-5-4-6-11-20/h4-8,10-13,19,24-26,34H,9,14-18H2,1-3H3,(H2,33,39)(H,35,38)(H,36,41)/t24-,25-,26+,32-/m0/s1. The summed E-state index contributed by atoms with van der Waals surface area (Å²) in [4.78, 5) is 58.1. The van der Waals surface area contributed by atoms with E-state index in [9.17, 15) is 19.2 Å². The number of benzene rings is 2. The van der Waals surface area contributed by atoms with Crippen molar-refractivity contribution >= 4 is 34.7 Å². The van der Waals surface area contributed by atoms with Crippen molar-refractivity contribution in [3.8, 4) is 0 Å². The van der Waals surface area contributed by atoms with E-state index in [4.69, 9.17) is 10.5 Å². The zero-order chi connectivity index (χ0) is 30.1. The molecule has 2 aliphatic heterocycles. The molecule has 1 aromatic heterocycles. The molecule has 2 aromatic carbocycles. The SMILES string of the molecule is CC(C)(C)OC(=O)N[C@@H](Cc1c[nH]c2ccccc12)C(=O)N[C@H]1CCCN2C(=O)[C@](Cc3ccccc3)(C(N)=O)C[C@H]12. The minimum Gasteiger partial charge on any atom is -0.444 e. The molecule has 3 heterocycles. The van der Waals surface area contributed by atoms with Crippen LogP contribution < -0.4 is 16.4 Å². The number of ether oxygens (including phenoxy) is 1. The van der Waals surface area contributed by atoms with Gasteiger partial charge in [-0.1, -0.05) is 48.5 Å². The molecule has 0 spiro atoms. The van der Waals surface area contributed by atoms with E-state index in [2.05, 4.69) is 15.6 Å². The van der Waals surface area contributed by atoms with Crippen molar-refractivity contribution in [3.63, 3.8) is 0 Å². The van der Waals surface area contributed by atoms with E-state index in [1.165, 1.54) is 0 Å². The molecule has 2 saturated heterocycles. The predicted molar refractivity (Wildman–Crippen MR) is 158 cm³/mol. The molecule has 222 valence electrons. The van der Waals surface area contributed by atoms with Crippen molar-refractivity contribution in [2.75, 3.05) is 6.54 Å². The van der Waals surface area contributed by atoms with Gasteiger partial charge in [-0.05, 0) is 63.6 Å². The second-order valence-electron chi connectivity index (χ2n) is 12.4. The smallest absolute Gasteiger partial charge is 0.408 e. The summed E-state index contributed by atoms with van der Waals surface area (Å²) < 4.78 is 5.47. The Bertz CT molecular complexity index is 1480. The Balaban J connectivity index is 1.38. The first-order chi connectivity index (χ1) is 20.0. The van der Waals surface area contributed by atoms with Gasteiger partial charge in [-0.2, -0.15) is 0 Å². The van der Waals surface area contributed by atoms with Gasteiger partial charge in [-0.15, -0.1) is 0 Å². The number of nitrogens with two attached hydrogens (primary N) is 1. The molecular formula is C32H39N5O5. The van der Waals surface area contributed by atoms with Crippen LogP contribution in [0.3, 0.4) is 0 Å². The summed E-state index contributed by atoms with van der Waals surface area (Å²) in [6.07, 6.45) is 3.09. The maximum absolute atomic E-state index is 13.8. The van der Waals surface area contributed by atoms with Gasteiger partial charge in [-0.25, -0.2) is 4.79 Å². The first-order valence-corrected chi connectivity index (χ1v) is 14.5. The molecule has 5 rings (SSSR count). The van der Waals surface area contributed by atoms with Crippen LogP contribution in [0.15, 0.2) is 60.8 Å². The molecule has 2 fully saturated rings. The van der Waals surface area contributed by atoms with Crippen molar-refractivity contribution in [1.82, 2.24) is 20.5 Å². The molecule has 10 nitrogen and oxygen atoms in total. The second kappa shape index (κ2) is 11.5. The molecule has 10 heteroatoms. The number of aromatic nitrogens is 1. The molecular weight excluding hydrogens is 534 g/mol. The van der Waals surface area contributed by atoms with E-state index in [-0.39, 0.29) is 37.1 Å². The lowest BCUT2D eigenvalue weighted by Crippen LogP contribution is -2.58. The lowest BCUT2D eigenvalue weighted by Gasteiger charge is -2.37. The van der Waals surface area contributed by atoms with Gasteiger partial charge in [0.05, 0.1) is 6.04 Å². The maximum Gasteiger partial charge on any atom is 0.408 e. The summed E-state index contributed by atoms with van der Waals surface area (Å²) in [6, 6.07) is 15.4. The number of primary amides is 1. The summed E-state index contributed by atoms with van der Waals surface area (Å²) in [6.45, 7) is 5.77. The van der Waals surface area contributed by atoms with Crippen molar-refractivity contribution in [2.24, 2.45) is 11.1 Å². The van der Waals surface area contributed by atoms with Crippen LogP contribution in [-0.2, 0) is 32.0 Å². The van der Waals surface area contributed by atoms with Crippen LogP contribution in [0, 0.1) is 5.41 Å². The lowest BCUT2D eigenvalue weighted by atomic mass is 9.77. The number of hydrogen-bond donors (Lipinski definition) is 4. The van der Waals surface area contributed by atoms with Gasteiger partial charge in [0.25, 0.3) is 0 Å². The molecule has 2 aliphatic rings. The Morgan fingerprint density at radius 1 is 1.12 bits per heavy atom. The van der Waals surface area contributed by atoms with Crippen LogP contribution in [0.25, 0.3) is 10.9 Å². The molecule has 4 amide bonds. The Morgan fingerprint density at radius 2 is 1.83 bits per heavy atom. The van der Waals surface area contributed by atoms with Crippen LogP contribution >= 0.6 is 0 Å². The van der Waals surface area contributed by atoms with Gasteiger partial charge in [0, 0.05) is 36.1 Å². The van der Waals surface area contributed by atoms with E-state index < -0.39 is 35.1 Å². The molecule has 0 radical (unpaired) electrons. The van der Waals surface area contributed by atoms with E-state index in [0.29, 0.717) is 19.4 Å². The first-order valence-electron chi connectivity index (χ1n) is 14.5. The van der Waals surface area contributed by atoms with Gasteiger partial charge in [0.15, 0.2) is 0 Å². The number of hydrogen-bond acceptors (Lipinski definition) is 5. The number of alkyl carbamates (subject to hydrolysis) is 1. The molecule has 0 aliphatic carbocycles. The number of aromatic amines is 1. The van der Waals surface area contributed by atoms with E-state index in [0.717, 1.165) is 22.0 Å². The summed E-state index contributed by atoms with van der Waals surface area (Å²) in [5.74, 6) is -1.32. The number of amides is 4. The van der Waals surface area contributed by atoms with Crippen molar-refractivity contribution in [1.29, 1.82) is 0 Å². The van der Waals surface area contributed by atoms with Crippen LogP contribution in [0.4, 0.5) is 4.79 Å². The second-order valence-corrected chi connectivity index (χ2v) is 12.4. The number of rotatable bonds is 8. The lowest BCUT2D eigenvalue weighted by molar-refractivity contribution is -0.144. The number of nitrogens with one attached hydrogen (secondary N) is 3. The average Bonchev–Trinajstić information content (AvgIpc) is 3.47. The molecule has 4 atom stereocenters. The third kappa shape index (κ3) is 5.98. The summed E-state index contributed by atoms with van der Waals surface area (Å²) in [7, 11) is 0. The Morgan fingerprint density at radius 3 is 2.55 bits per heavy atom. The van der Waals surface area contributed by atoms with Gasteiger partial charge < -0.3 is 31.0 Å². The van der Waals surface area contributed by atoms with Crippen molar-refractivity contribution in [2.45, 2.75) is 76.6 Å². The van der Waals surface area contributed by atoms with Gasteiger partial charge in [0.2, 0.25) is 17.7 Å². The zero-order valence-corrected chi connectivity index (χ0v) is 24.3. The van der Waals surface area contributed by atoms with Gasteiger partial charge in [-0.3, -0.25) is 14.4 Å². The zero-order valence-electron chi connectivity index (χ0n) is 24.3. The van der Waals surface area contributed by atoms with E-state index >= 15 is 0 Å². The van der Waals surface area contributed by atoms with Crippen molar-refractivity contribution < 1.29 is 23.9 Å². The predicted octanol–water partition coefficient (Wildman–Crippen LogP) is 3.20. The number of para-hydroxylation sites is 1. The summed E-state index contributed by atoms with van der Waals surface area (Å²) >= 11 is 0. The number of carbonyl (C=O) groups excluding carboxylic acids is 4. The fourth-order valence-corrected chi connectivity index (χ4v) is 6.30. The quantitative estimate of drug-likeness (QED) is 0.306. The largest absolute Gasteiger partial charge is 0.444 e. The highest BCUT2D eigenvalue weighted by atomic mass is 16.6. The van der Waals surface area contributed by atoms with E-state index in [1.54, 1.807) is 25.7 Å². The minimum absolute atomic E-state index is 0.207. The first kappa shape index (κ1) is 29.2. The Labute approximate surface area is 245 Å². The fourth-order valence-electron chi connectivity index (χ4n) is 6.30. The highest BCUT2D eigenvalue weighted by molar-refractivity contribution is 6.06. The number of fused-ring (bicyclic) bond motifs is 2. The fraction of sp³-hybridized carbons (Fsp3) is 0.438. The molecule has 5 N–H and O–H groups in total. The number of nitrogens with zero attached hydrogens (tertiary/aromatic N) is 1. The van der Waals surface area contributed by atoms with Gasteiger partial charge >= 0.3 is 6.09 Å². The van der Waals surface area contributed by atoms with Crippen molar-refractivity contribution in [3.05, 3.63) is 71.9 Å². The Hall–Kier alpha value is -4.34. The number of H-pyrrole nitrogens is 1.